The van der Waals surface area contributed by atoms with Crippen LogP contribution < -0.4 is 5.73 Å². The Morgan fingerprint density at radius 2 is 1.94 bits per heavy atom. The zero-order valence-electron chi connectivity index (χ0n) is 9.64. The number of amidine groups is 1. The van der Waals surface area contributed by atoms with Crippen LogP contribution in [0.2, 0.25) is 0 Å². The first-order valence-electron chi connectivity index (χ1n) is 5.07. The van der Waals surface area contributed by atoms with Crippen molar-refractivity contribution in [3.8, 4) is 0 Å². The number of nitrogens with one attached hydrogen (secondary N) is 1. The lowest BCUT2D eigenvalue weighted by Crippen LogP contribution is -2.10. The van der Waals surface area contributed by atoms with Crippen LogP contribution in [0, 0.1) is 5.41 Å². The van der Waals surface area contributed by atoms with Crippen molar-refractivity contribution in [2.45, 2.75) is 5.75 Å². The van der Waals surface area contributed by atoms with Gasteiger partial charge in [0.2, 0.25) is 0 Å². The fraction of sp³-hybridized carbons (Fsp3) is 0.364. The minimum absolute atomic E-state index is 0.0567. The van der Waals surface area contributed by atoms with E-state index in [9.17, 15) is 8.42 Å². The second-order valence-electron chi connectivity index (χ2n) is 3.79. The van der Waals surface area contributed by atoms with Gasteiger partial charge in [0.05, 0.1) is 5.75 Å². The lowest BCUT2D eigenvalue weighted by atomic mass is 10.1. The molecule has 4 nitrogen and oxygen atoms in total. The van der Waals surface area contributed by atoms with Crippen molar-refractivity contribution >= 4 is 27.4 Å². The Kier molecular flexibility index (Phi) is 5.02. The molecule has 0 aromatic heterocycles. The molecule has 0 saturated carbocycles. The SMILES string of the molecule is CS(=O)(=O)CCSCc1ccc(C(=N)N)cc1. The van der Waals surface area contributed by atoms with Gasteiger partial charge in [-0.25, -0.2) is 8.42 Å². The van der Waals surface area contributed by atoms with Crippen LogP contribution in [0.1, 0.15) is 11.1 Å². The third-order valence-electron chi connectivity index (χ3n) is 2.13. The van der Waals surface area contributed by atoms with E-state index < -0.39 is 9.84 Å². The maximum absolute atomic E-state index is 10.9. The Hall–Kier alpha value is -1.01. The highest BCUT2D eigenvalue weighted by Gasteiger charge is 2.02. The normalized spacial score (nSPS) is 11.4. The highest BCUT2D eigenvalue weighted by molar-refractivity contribution is 7.99. The van der Waals surface area contributed by atoms with E-state index in [-0.39, 0.29) is 11.6 Å². The summed E-state index contributed by atoms with van der Waals surface area (Å²) in [4.78, 5) is 0. The minimum Gasteiger partial charge on any atom is -0.384 e. The van der Waals surface area contributed by atoms with E-state index >= 15 is 0 Å². The summed E-state index contributed by atoms with van der Waals surface area (Å²) < 4.78 is 21.8. The third-order valence-corrected chi connectivity index (χ3v) is 4.37. The zero-order valence-corrected chi connectivity index (χ0v) is 11.3. The first kappa shape index (κ1) is 14.1. The smallest absolute Gasteiger partial charge is 0.148 e. The molecule has 0 unspecified atom stereocenters. The van der Waals surface area contributed by atoms with E-state index in [1.807, 2.05) is 12.1 Å². The number of hydrogen-bond donors (Lipinski definition) is 2. The van der Waals surface area contributed by atoms with Crippen molar-refractivity contribution in [3.63, 3.8) is 0 Å². The highest BCUT2D eigenvalue weighted by Crippen LogP contribution is 2.13. The Morgan fingerprint density at radius 3 is 2.41 bits per heavy atom. The van der Waals surface area contributed by atoms with Gasteiger partial charge in [-0.2, -0.15) is 11.8 Å². The van der Waals surface area contributed by atoms with Crippen molar-refractivity contribution in [1.82, 2.24) is 0 Å². The van der Waals surface area contributed by atoms with Crippen molar-refractivity contribution in [1.29, 1.82) is 5.41 Å². The Bertz CT molecular complexity index is 481. The summed E-state index contributed by atoms with van der Waals surface area (Å²) in [5.74, 6) is 1.64. The number of nitrogen functional groups attached to an aromatic ring is 1. The van der Waals surface area contributed by atoms with Crippen LogP contribution in [-0.2, 0) is 15.6 Å². The van der Waals surface area contributed by atoms with Gasteiger partial charge in [-0.3, -0.25) is 5.41 Å². The molecular weight excluding hydrogens is 256 g/mol. The van der Waals surface area contributed by atoms with Crippen molar-refractivity contribution < 1.29 is 8.42 Å². The number of nitrogens with two attached hydrogens (primary N) is 1. The summed E-state index contributed by atoms with van der Waals surface area (Å²) in [6.07, 6.45) is 1.25. The molecule has 0 aliphatic heterocycles. The maximum Gasteiger partial charge on any atom is 0.148 e. The number of benzene rings is 1. The summed E-state index contributed by atoms with van der Waals surface area (Å²) >= 11 is 1.58. The molecule has 1 aromatic rings. The topological polar surface area (TPSA) is 84.0 Å². The van der Waals surface area contributed by atoms with Gasteiger partial charge in [0, 0.05) is 23.3 Å². The maximum atomic E-state index is 10.9. The average molecular weight is 272 g/mol. The molecule has 0 bridgehead atoms. The molecule has 0 aliphatic rings. The molecule has 0 radical (unpaired) electrons. The molecule has 0 aliphatic carbocycles. The van der Waals surface area contributed by atoms with E-state index in [1.54, 1.807) is 23.9 Å². The second kappa shape index (κ2) is 6.07. The van der Waals surface area contributed by atoms with Crippen LogP contribution >= 0.6 is 11.8 Å². The molecule has 0 saturated heterocycles. The molecular formula is C11H16N2O2S2. The van der Waals surface area contributed by atoms with Gasteiger partial charge in [0.15, 0.2) is 0 Å². The van der Waals surface area contributed by atoms with E-state index in [2.05, 4.69) is 0 Å². The predicted octanol–water partition coefficient (Wildman–Crippen LogP) is 1.25. The van der Waals surface area contributed by atoms with E-state index in [4.69, 9.17) is 11.1 Å². The van der Waals surface area contributed by atoms with Gasteiger partial charge in [0.25, 0.3) is 0 Å². The molecule has 0 heterocycles. The molecule has 94 valence electrons. The van der Waals surface area contributed by atoms with Crippen LogP contribution in [0.25, 0.3) is 0 Å². The molecule has 0 amide bonds. The summed E-state index contributed by atoms with van der Waals surface area (Å²) in [6.45, 7) is 0. The molecule has 17 heavy (non-hydrogen) atoms. The summed E-state index contributed by atoms with van der Waals surface area (Å²) in [7, 11) is -2.86. The lowest BCUT2D eigenvalue weighted by molar-refractivity contribution is 0.603. The quantitative estimate of drug-likeness (QED) is 0.464. The van der Waals surface area contributed by atoms with Crippen LogP contribution in [-0.4, -0.2) is 32.0 Å². The van der Waals surface area contributed by atoms with Crippen molar-refractivity contribution in [2.75, 3.05) is 17.8 Å². The molecule has 0 atom stereocenters. The van der Waals surface area contributed by atoms with Crippen LogP contribution in [0.5, 0.6) is 0 Å². The Balaban J connectivity index is 2.40. The van der Waals surface area contributed by atoms with Gasteiger partial charge in [-0.15, -0.1) is 0 Å². The van der Waals surface area contributed by atoms with Crippen molar-refractivity contribution in [3.05, 3.63) is 35.4 Å². The molecule has 1 rings (SSSR count). The van der Waals surface area contributed by atoms with Gasteiger partial charge >= 0.3 is 0 Å². The number of sulfone groups is 1. The fourth-order valence-electron chi connectivity index (χ4n) is 1.18. The van der Waals surface area contributed by atoms with E-state index in [0.717, 1.165) is 11.3 Å². The van der Waals surface area contributed by atoms with Gasteiger partial charge in [-0.05, 0) is 5.56 Å². The van der Waals surface area contributed by atoms with E-state index in [1.165, 1.54) is 6.26 Å². The molecule has 0 fully saturated rings. The highest BCUT2D eigenvalue weighted by atomic mass is 32.2. The average Bonchev–Trinajstić information content (AvgIpc) is 2.24. The zero-order chi connectivity index (χ0) is 12.9. The predicted molar refractivity (Wildman–Crippen MR) is 73.3 cm³/mol. The first-order valence-corrected chi connectivity index (χ1v) is 8.29. The molecule has 3 N–H and O–H groups in total. The number of hydrogen-bond acceptors (Lipinski definition) is 4. The number of thioether (sulfide) groups is 1. The molecule has 1 aromatic carbocycles. The van der Waals surface area contributed by atoms with Crippen LogP contribution in [0.3, 0.4) is 0 Å². The fourth-order valence-corrected chi connectivity index (χ4v) is 3.44. The summed E-state index contributed by atoms with van der Waals surface area (Å²) in [5, 5.41) is 7.25. The third kappa shape index (κ3) is 5.74. The summed E-state index contributed by atoms with van der Waals surface area (Å²) in [5.41, 5.74) is 7.15. The summed E-state index contributed by atoms with van der Waals surface area (Å²) in [6, 6.07) is 7.41. The monoisotopic (exact) mass is 272 g/mol. The van der Waals surface area contributed by atoms with Gasteiger partial charge in [-0.1, -0.05) is 24.3 Å². The van der Waals surface area contributed by atoms with E-state index in [0.29, 0.717) is 11.3 Å². The van der Waals surface area contributed by atoms with Gasteiger partial charge < -0.3 is 5.73 Å². The lowest BCUT2D eigenvalue weighted by Gasteiger charge is -2.03. The molecule has 6 heteroatoms. The molecule has 0 spiro atoms. The Labute approximate surface area is 106 Å². The Morgan fingerprint density at radius 1 is 1.35 bits per heavy atom. The first-order chi connectivity index (χ1) is 7.88. The standard InChI is InChI=1S/C11H16N2O2S2/c1-17(14,15)7-6-16-8-9-2-4-10(5-3-9)11(12)13/h2-5H,6-8H2,1H3,(H3,12,13). The second-order valence-corrected chi connectivity index (χ2v) is 7.16. The van der Waals surface area contributed by atoms with Crippen LogP contribution in [0.15, 0.2) is 24.3 Å². The van der Waals surface area contributed by atoms with Gasteiger partial charge in [0.1, 0.15) is 15.7 Å². The van der Waals surface area contributed by atoms with Crippen LogP contribution in [0.4, 0.5) is 0 Å². The largest absolute Gasteiger partial charge is 0.384 e. The minimum atomic E-state index is -2.86. The number of rotatable bonds is 6. The van der Waals surface area contributed by atoms with Crippen molar-refractivity contribution in [2.24, 2.45) is 5.73 Å².